The molecule has 1 aliphatic rings. The molecular weight excluding hydrogens is 334 g/mol. The average Bonchev–Trinajstić information content (AvgIpc) is 3.02. The van der Waals surface area contributed by atoms with Crippen molar-refractivity contribution < 1.29 is 4.79 Å². The first-order valence-electron chi connectivity index (χ1n) is 7.68. The maximum atomic E-state index is 12.1. The van der Waals surface area contributed by atoms with Gasteiger partial charge in [-0.3, -0.25) is 4.79 Å². The molecule has 1 N–H and O–H groups in total. The molecule has 1 amide bonds. The van der Waals surface area contributed by atoms with Crippen LogP contribution in [0, 0.1) is 0 Å². The Morgan fingerprint density at radius 1 is 1.35 bits per heavy atom. The second-order valence-corrected chi connectivity index (χ2v) is 6.92. The zero-order valence-electron chi connectivity index (χ0n) is 12.6. The van der Waals surface area contributed by atoms with E-state index in [1.807, 2.05) is 4.68 Å². The van der Waals surface area contributed by atoms with Crippen LogP contribution < -0.4 is 5.32 Å². The van der Waals surface area contributed by atoms with Gasteiger partial charge in [-0.05, 0) is 41.5 Å². The second-order valence-electron chi connectivity index (χ2n) is 5.55. The summed E-state index contributed by atoms with van der Waals surface area (Å²) in [4.78, 5) is 12.1. The van der Waals surface area contributed by atoms with Crippen LogP contribution >= 0.6 is 23.4 Å². The molecule has 1 aromatic carbocycles. The molecule has 1 saturated carbocycles. The maximum Gasteiger partial charge on any atom is 0.234 e. The monoisotopic (exact) mass is 351 g/mol. The zero-order chi connectivity index (χ0) is 16.1. The number of hydrogen-bond donors (Lipinski definition) is 1. The molecule has 0 bridgehead atoms. The van der Waals surface area contributed by atoms with Gasteiger partial charge in [0.15, 0.2) is 0 Å². The molecule has 1 aliphatic carbocycles. The summed E-state index contributed by atoms with van der Waals surface area (Å²) in [5.74, 6) is 0.162. The smallest absolute Gasteiger partial charge is 0.234 e. The van der Waals surface area contributed by atoms with Gasteiger partial charge in [0.05, 0.1) is 11.8 Å². The first-order valence-corrected chi connectivity index (χ1v) is 9.05. The number of anilines is 1. The third-order valence-electron chi connectivity index (χ3n) is 3.82. The Morgan fingerprint density at radius 2 is 2.17 bits per heavy atom. The van der Waals surface area contributed by atoms with Crippen molar-refractivity contribution in [1.29, 1.82) is 0 Å². The number of carbonyl (C=O) groups excluding carboxylic acids is 1. The first kappa shape index (κ1) is 16.3. The minimum absolute atomic E-state index is 0.101. The molecule has 0 radical (unpaired) electrons. The molecule has 0 unspecified atom stereocenters. The van der Waals surface area contributed by atoms with Crippen molar-refractivity contribution in [2.45, 2.75) is 43.3 Å². The minimum Gasteiger partial charge on any atom is -0.325 e. The van der Waals surface area contributed by atoms with Gasteiger partial charge < -0.3 is 5.32 Å². The van der Waals surface area contributed by atoms with Crippen LogP contribution in [-0.2, 0) is 4.79 Å². The molecule has 0 aliphatic heterocycles. The van der Waals surface area contributed by atoms with E-state index in [9.17, 15) is 4.79 Å². The van der Waals surface area contributed by atoms with Crippen LogP contribution in [0.5, 0.6) is 0 Å². The highest BCUT2D eigenvalue weighted by atomic mass is 35.5. The lowest BCUT2D eigenvalue weighted by molar-refractivity contribution is -0.113. The van der Waals surface area contributed by atoms with E-state index >= 15 is 0 Å². The molecule has 0 atom stereocenters. The van der Waals surface area contributed by atoms with Crippen molar-refractivity contribution >= 4 is 35.0 Å². The molecule has 122 valence electrons. The number of hydrogen-bond acceptors (Lipinski definition) is 5. The van der Waals surface area contributed by atoms with Crippen LogP contribution in [-0.4, -0.2) is 31.9 Å². The number of nitrogens with one attached hydrogen (secondary N) is 1. The molecule has 0 spiro atoms. The number of halogens is 1. The number of amides is 1. The van der Waals surface area contributed by atoms with Crippen LogP contribution in [0.1, 0.15) is 38.1 Å². The van der Waals surface area contributed by atoms with Crippen molar-refractivity contribution in [3.63, 3.8) is 0 Å². The number of carbonyl (C=O) groups is 1. The van der Waals surface area contributed by atoms with Crippen molar-refractivity contribution in [1.82, 2.24) is 20.2 Å². The Morgan fingerprint density at radius 3 is 2.96 bits per heavy atom. The highest BCUT2D eigenvalue weighted by Crippen LogP contribution is 2.30. The molecule has 2 aromatic rings. The fourth-order valence-electron chi connectivity index (χ4n) is 2.73. The Balaban J connectivity index is 1.56. The molecule has 0 saturated heterocycles. The fraction of sp³-hybridized carbons (Fsp3) is 0.467. The number of aromatic nitrogens is 4. The molecular formula is C15H18ClN5OS. The van der Waals surface area contributed by atoms with E-state index in [-0.39, 0.29) is 11.7 Å². The van der Waals surface area contributed by atoms with E-state index < -0.39 is 0 Å². The summed E-state index contributed by atoms with van der Waals surface area (Å²) < 4.78 is 1.87. The molecule has 6 nitrogen and oxygen atoms in total. The van der Waals surface area contributed by atoms with Crippen LogP contribution in [0.4, 0.5) is 5.69 Å². The van der Waals surface area contributed by atoms with Crippen LogP contribution in [0.15, 0.2) is 29.4 Å². The van der Waals surface area contributed by atoms with Crippen LogP contribution in [0.25, 0.3) is 0 Å². The Kier molecular flexibility index (Phi) is 5.51. The number of rotatable bonds is 5. The van der Waals surface area contributed by atoms with E-state index in [0.717, 1.165) is 12.8 Å². The summed E-state index contributed by atoms with van der Waals surface area (Å²) >= 11 is 7.27. The van der Waals surface area contributed by atoms with Gasteiger partial charge in [0.25, 0.3) is 0 Å². The summed E-state index contributed by atoms with van der Waals surface area (Å²) in [6.45, 7) is 0. The standard InChI is InChI=1S/C15H18ClN5OS/c16-11-5-4-6-12(9-11)17-14(22)10-23-15-18-19-20-21(15)13-7-2-1-3-8-13/h4-6,9,13H,1-3,7-8,10H2,(H,17,22). The van der Waals surface area contributed by atoms with Gasteiger partial charge in [-0.2, -0.15) is 0 Å². The largest absolute Gasteiger partial charge is 0.325 e. The molecule has 1 fully saturated rings. The summed E-state index contributed by atoms with van der Waals surface area (Å²) in [6.07, 6.45) is 5.91. The van der Waals surface area contributed by atoms with Crippen molar-refractivity contribution in [3.8, 4) is 0 Å². The fourth-order valence-corrected chi connectivity index (χ4v) is 3.66. The van der Waals surface area contributed by atoms with Gasteiger partial charge in [0.2, 0.25) is 11.1 Å². The number of nitrogens with zero attached hydrogens (tertiary/aromatic N) is 4. The lowest BCUT2D eigenvalue weighted by Crippen LogP contribution is -2.17. The van der Waals surface area contributed by atoms with E-state index in [4.69, 9.17) is 11.6 Å². The topological polar surface area (TPSA) is 72.7 Å². The van der Waals surface area contributed by atoms with Gasteiger partial charge in [0.1, 0.15) is 0 Å². The quantitative estimate of drug-likeness (QED) is 0.834. The third kappa shape index (κ3) is 4.45. The molecule has 1 aromatic heterocycles. The highest BCUT2D eigenvalue weighted by molar-refractivity contribution is 7.99. The summed E-state index contributed by atoms with van der Waals surface area (Å²) in [5.41, 5.74) is 0.690. The third-order valence-corrected chi connectivity index (χ3v) is 4.99. The van der Waals surface area contributed by atoms with Crippen LogP contribution in [0.2, 0.25) is 5.02 Å². The van der Waals surface area contributed by atoms with Gasteiger partial charge in [-0.1, -0.05) is 48.7 Å². The van der Waals surface area contributed by atoms with Gasteiger partial charge in [-0.25, -0.2) is 4.68 Å². The van der Waals surface area contributed by atoms with Gasteiger partial charge in [0, 0.05) is 10.7 Å². The van der Waals surface area contributed by atoms with Gasteiger partial charge in [-0.15, -0.1) is 5.10 Å². The molecule has 8 heteroatoms. The Hall–Kier alpha value is -1.60. The van der Waals surface area contributed by atoms with E-state index in [1.54, 1.807) is 24.3 Å². The van der Waals surface area contributed by atoms with Crippen molar-refractivity contribution in [2.24, 2.45) is 0 Å². The SMILES string of the molecule is O=C(CSc1nnnn1C1CCCCC1)Nc1cccc(Cl)c1. The normalized spacial score (nSPS) is 15.5. The lowest BCUT2D eigenvalue weighted by Gasteiger charge is -2.21. The average molecular weight is 352 g/mol. The second kappa shape index (κ2) is 7.79. The summed E-state index contributed by atoms with van der Waals surface area (Å²) in [6, 6.07) is 7.45. The summed E-state index contributed by atoms with van der Waals surface area (Å²) in [7, 11) is 0. The molecule has 23 heavy (non-hydrogen) atoms. The number of thioether (sulfide) groups is 1. The molecule has 3 rings (SSSR count). The van der Waals surface area contributed by atoms with E-state index in [1.165, 1.54) is 31.0 Å². The molecule has 1 heterocycles. The lowest BCUT2D eigenvalue weighted by atomic mass is 9.96. The highest BCUT2D eigenvalue weighted by Gasteiger charge is 2.20. The van der Waals surface area contributed by atoms with Crippen LogP contribution in [0.3, 0.4) is 0 Å². The Labute approximate surface area is 144 Å². The predicted octanol–water partition coefficient (Wildman–Crippen LogP) is 3.56. The number of benzene rings is 1. The number of tetrazole rings is 1. The van der Waals surface area contributed by atoms with Gasteiger partial charge >= 0.3 is 0 Å². The first-order chi connectivity index (χ1) is 11.2. The predicted molar refractivity (Wildman–Crippen MR) is 90.7 cm³/mol. The summed E-state index contributed by atoms with van der Waals surface area (Å²) in [5, 5.41) is 16.0. The van der Waals surface area contributed by atoms with Crippen molar-refractivity contribution in [2.75, 3.05) is 11.1 Å². The Bertz CT molecular complexity index is 671. The maximum absolute atomic E-state index is 12.1. The van der Waals surface area contributed by atoms with E-state index in [0.29, 0.717) is 21.9 Å². The van der Waals surface area contributed by atoms with Crippen molar-refractivity contribution in [3.05, 3.63) is 29.3 Å². The zero-order valence-corrected chi connectivity index (χ0v) is 14.2. The minimum atomic E-state index is -0.101. The van der Waals surface area contributed by atoms with E-state index in [2.05, 4.69) is 20.8 Å².